The third-order valence-electron chi connectivity index (χ3n) is 4.08. The van der Waals surface area contributed by atoms with Crippen LogP contribution in [0.4, 0.5) is 18.2 Å². The summed E-state index contributed by atoms with van der Waals surface area (Å²) in [5.74, 6) is -3.50. The zero-order chi connectivity index (χ0) is 18.9. The van der Waals surface area contributed by atoms with Crippen molar-refractivity contribution in [2.24, 2.45) is 0 Å². The molecule has 2 aromatic rings. The van der Waals surface area contributed by atoms with E-state index in [1.54, 1.807) is 5.32 Å². The number of thiophene rings is 1. The van der Waals surface area contributed by atoms with Crippen molar-refractivity contribution in [2.75, 3.05) is 11.9 Å². The minimum absolute atomic E-state index is 0.234. The van der Waals surface area contributed by atoms with Crippen molar-refractivity contribution < 1.29 is 27.9 Å². The first kappa shape index (κ1) is 18.4. The Bertz CT molecular complexity index is 834. The summed E-state index contributed by atoms with van der Waals surface area (Å²) in [6.07, 6.45) is -4.66. The molecule has 5 nitrogen and oxygen atoms in total. The van der Waals surface area contributed by atoms with Gasteiger partial charge in [0.05, 0.1) is 5.56 Å². The Balaban J connectivity index is 1.83. The van der Waals surface area contributed by atoms with Crippen LogP contribution in [-0.4, -0.2) is 34.6 Å². The van der Waals surface area contributed by atoms with Crippen LogP contribution in [0.15, 0.2) is 30.3 Å². The number of rotatable bonds is 4. The van der Waals surface area contributed by atoms with E-state index in [9.17, 15) is 27.9 Å². The maximum Gasteiger partial charge on any atom is 0.471 e. The van der Waals surface area contributed by atoms with Gasteiger partial charge in [-0.15, -0.1) is 11.3 Å². The first-order chi connectivity index (χ1) is 12.3. The van der Waals surface area contributed by atoms with Gasteiger partial charge in [0.15, 0.2) is 0 Å². The van der Waals surface area contributed by atoms with Crippen LogP contribution in [-0.2, 0) is 24.3 Å². The summed E-state index contributed by atoms with van der Waals surface area (Å²) < 4.78 is 37.5. The molecule has 2 N–H and O–H groups in total. The van der Waals surface area contributed by atoms with E-state index in [0.717, 1.165) is 16.9 Å². The van der Waals surface area contributed by atoms with Crippen LogP contribution in [0, 0.1) is 0 Å². The maximum atomic E-state index is 12.5. The van der Waals surface area contributed by atoms with Gasteiger partial charge in [-0.25, -0.2) is 4.79 Å². The summed E-state index contributed by atoms with van der Waals surface area (Å²) in [4.78, 5) is 25.5. The van der Waals surface area contributed by atoms with Crippen LogP contribution in [0.25, 0.3) is 0 Å². The molecule has 1 aliphatic rings. The molecule has 1 aromatic carbocycles. The monoisotopic (exact) mass is 384 g/mol. The number of nitrogens with one attached hydrogen (secondary N) is 1. The fourth-order valence-corrected chi connectivity index (χ4v) is 4.20. The number of hydrogen-bond acceptors (Lipinski definition) is 4. The zero-order valence-electron chi connectivity index (χ0n) is 13.5. The second-order valence-electron chi connectivity index (χ2n) is 5.91. The van der Waals surface area contributed by atoms with Crippen molar-refractivity contribution in [3.63, 3.8) is 0 Å². The molecular weight excluding hydrogens is 369 g/mol. The number of carbonyl (C=O) groups is 2. The second kappa shape index (κ2) is 7.08. The quantitative estimate of drug-likeness (QED) is 0.847. The summed E-state index contributed by atoms with van der Waals surface area (Å²) >= 11 is 0.895. The molecule has 0 atom stereocenters. The smallest absolute Gasteiger partial charge is 0.471 e. The minimum atomic E-state index is -5.07. The van der Waals surface area contributed by atoms with E-state index in [-0.39, 0.29) is 10.6 Å². The standard InChI is InChI=1S/C17H15F3N2O3S/c18-17(19,20)16(25)21-14-13(15(23)24)11-6-7-22(9-12(11)26-14)8-10-4-2-1-3-5-10/h1-5H,6-9H2,(H,21,25)(H,23,24). The van der Waals surface area contributed by atoms with Crippen LogP contribution in [0.5, 0.6) is 0 Å². The van der Waals surface area contributed by atoms with E-state index in [0.29, 0.717) is 36.5 Å². The molecule has 0 spiro atoms. The van der Waals surface area contributed by atoms with Gasteiger partial charge in [0.2, 0.25) is 0 Å². The van der Waals surface area contributed by atoms with Gasteiger partial charge in [-0.3, -0.25) is 9.69 Å². The molecule has 0 fully saturated rings. The molecule has 0 aliphatic carbocycles. The summed E-state index contributed by atoms with van der Waals surface area (Å²) in [5.41, 5.74) is 1.36. The van der Waals surface area contributed by atoms with Crippen LogP contribution in [0.1, 0.15) is 26.4 Å². The predicted molar refractivity (Wildman–Crippen MR) is 90.2 cm³/mol. The lowest BCUT2D eigenvalue weighted by atomic mass is 10.0. The Labute approximate surface area is 151 Å². The van der Waals surface area contributed by atoms with Gasteiger partial charge < -0.3 is 10.4 Å². The average Bonchev–Trinajstić information content (AvgIpc) is 2.92. The molecule has 138 valence electrons. The summed E-state index contributed by atoms with van der Waals surface area (Å²) in [6, 6.07) is 9.70. The SMILES string of the molecule is O=C(O)c1c(NC(=O)C(F)(F)F)sc2c1CCN(Cc1ccccc1)C2. The Morgan fingerprint density at radius 2 is 1.92 bits per heavy atom. The molecule has 26 heavy (non-hydrogen) atoms. The number of alkyl halides is 3. The largest absolute Gasteiger partial charge is 0.478 e. The second-order valence-corrected chi connectivity index (χ2v) is 7.02. The van der Waals surface area contributed by atoms with Crippen molar-refractivity contribution in [1.29, 1.82) is 0 Å². The molecule has 0 saturated carbocycles. The molecule has 9 heteroatoms. The predicted octanol–water partition coefficient (Wildman–Crippen LogP) is 3.51. The molecule has 2 heterocycles. The molecule has 1 aromatic heterocycles. The molecule has 0 radical (unpaired) electrons. The van der Waals surface area contributed by atoms with Crippen molar-refractivity contribution in [3.8, 4) is 0 Å². The van der Waals surface area contributed by atoms with E-state index < -0.39 is 18.1 Å². The average molecular weight is 384 g/mol. The Morgan fingerprint density at radius 1 is 1.23 bits per heavy atom. The van der Waals surface area contributed by atoms with E-state index in [4.69, 9.17) is 0 Å². The molecule has 3 rings (SSSR count). The normalized spacial score (nSPS) is 14.7. The molecule has 0 unspecified atom stereocenters. The number of fused-ring (bicyclic) bond motifs is 1. The van der Waals surface area contributed by atoms with Gasteiger partial charge in [0.1, 0.15) is 5.00 Å². The van der Waals surface area contributed by atoms with Crippen LogP contribution in [0.3, 0.4) is 0 Å². The molecule has 1 amide bonds. The van der Waals surface area contributed by atoms with Crippen molar-refractivity contribution in [3.05, 3.63) is 51.9 Å². The number of benzene rings is 1. The van der Waals surface area contributed by atoms with Gasteiger partial charge in [0.25, 0.3) is 0 Å². The highest BCUT2D eigenvalue weighted by atomic mass is 32.1. The fourth-order valence-electron chi connectivity index (χ4n) is 2.92. The highest BCUT2D eigenvalue weighted by molar-refractivity contribution is 7.17. The highest BCUT2D eigenvalue weighted by Crippen LogP contribution is 2.38. The third kappa shape index (κ3) is 3.88. The topological polar surface area (TPSA) is 69.6 Å². The number of anilines is 1. The number of carboxylic acid groups (broad SMARTS) is 1. The number of carbonyl (C=O) groups excluding carboxylic acids is 1. The molecule has 0 bridgehead atoms. The number of hydrogen-bond donors (Lipinski definition) is 2. The Kier molecular flexibility index (Phi) is 5.01. The van der Waals surface area contributed by atoms with E-state index in [1.807, 2.05) is 30.3 Å². The van der Waals surface area contributed by atoms with Crippen molar-refractivity contribution in [2.45, 2.75) is 25.7 Å². The van der Waals surface area contributed by atoms with E-state index in [2.05, 4.69) is 4.90 Å². The van der Waals surface area contributed by atoms with Crippen LogP contribution < -0.4 is 5.32 Å². The number of halogens is 3. The van der Waals surface area contributed by atoms with Crippen molar-refractivity contribution >= 4 is 28.2 Å². The number of carboxylic acids is 1. The Morgan fingerprint density at radius 3 is 2.54 bits per heavy atom. The molecular formula is C17H15F3N2O3S. The lowest BCUT2D eigenvalue weighted by Gasteiger charge is -2.26. The van der Waals surface area contributed by atoms with Crippen molar-refractivity contribution in [1.82, 2.24) is 4.90 Å². The first-order valence-corrected chi connectivity index (χ1v) is 8.59. The maximum absolute atomic E-state index is 12.5. The first-order valence-electron chi connectivity index (χ1n) is 7.78. The number of aromatic carboxylic acids is 1. The van der Waals surface area contributed by atoms with Gasteiger partial charge in [0, 0.05) is 24.5 Å². The highest BCUT2D eigenvalue weighted by Gasteiger charge is 2.40. The summed E-state index contributed by atoms with van der Waals surface area (Å²) in [6.45, 7) is 1.67. The fraction of sp³-hybridized carbons (Fsp3) is 0.294. The van der Waals surface area contributed by atoms with Gasteiger partial charge >= 0.3 is 18.1 Å². The number of nitrogens with zero attached hydrogens (tertiary/aromatic N) is 1. The lowest BCUT2D eigenvalue weighted by molar-refractivity contribution is -0.167. The molecule has 0 saturated heterocycles. The molecule has 1 aliphatic heterocycles. The van der Waals surface area contributed by atoms with Crippen LogP contribution in [0.2, 0.25) is 0 Å². The third-order valence-corrected chi connectivity index (χ3v) is 5.22. The lowest BCUT2D eigenvalue weighted by Crippen LogP contribution is -2.30. The Hall–Kier alpha value is -2.39. The van der Waals surface area contributed by atoms with Gasteiger partial charge in [-0.1, -0.05) is 30.3 Å². The zero-order valence-corrected chi connectivity index (χ0v) is 14.3. The van der Waals surface area contributed by atoms with Gasteiger partial charge in [-0.2, -0.15) is 13.2 Å². The minimum Gasteiger partial charge on any atom is -0.478 e. The number of amides is 1. The van der Waals surface area contributed by atoms with E-state index >= 15 is 0 Å². The summed E-state index contributed by atoms with van der Waals surface area (Å²) in [7, 11) is 0. The summed E-state index contributed by atoms with van der Waals surface area (Å²) in [5, 5.41) is 10.8. The van der Waals surface area contributed by atoms with Crippen LogP contribution >= 0.6 is 11.3 Å². The van der Waals surface area contributed by atoms with E-state index in [1.165, 1.54) is 0 Å². The van der Waals surface area contributed by atoms with Gasteiger partial charge in [-0.05, 0) is 17.5 Å².